The number of aliphatic imine (C=N–C) groups is 1. The van der Waals surface area contributed by atoms with Crippen LogP contribution in [0.1, 0.15) is 36.2 Å². The van der Waals surface area contributed by atoms with Crippen molar-refractivity contribution in [1.82, 2.24) is 24.7 Å². The molecule has 3 N–H and O–H groups in total. The van der Waals surface area contributed by atoms with Crippen LogP contribution in [0.25, 0.3) is 22.3 Å². The third-order valence-electron chi connectivity index (χ3n) is 6.05. The molecule has 9 nitrogen and oxygen atoms in total. The first-order chi connectivity index (χ1) is 20.7. The zero-order chi connectivity index (χ0) is 30.9. The molecule has 0 saturated heterocycles. The lowest BCUT2D eigenvalue weighted by Gasteiger charge is -2.14. The van der Waals surface area contributed by atoms with Gasteiger partial charge in [-0.05, 0) is 42.0 Å². The minimum absolute atomic E-state index is 0.250. The quantitative estimate of drug-likeness (QED) is 0.0842. The molecule has 4 aromatic rings. The van der Waals surface area contributed by atoms with Crippen molar-refractivity contribution in [3.8, 4) is 39.8 Å². The number of pyridine rings is 1. The summed E-state index contributed by atoms with van der Waals surface area (Å²) in [5.74, 6) is 7.10. The highest BCUT2D eigenvalue weighted by molar-refractivity contribution is 7.71. The number of aromatic amines is 1. The summed E-state index contributed by atoms with van der Waals surface area (Å²) in [5.41, 5.74) is 6.90. The van der Waals surface area contributed by atoms with Gasteiger partial charge < -0.3 is 15.5 Å². The number of carbonyl (C=O) groups excluding carboxylic acids is 1. The largest absolute Gasteiger partial charge is 0.494 e. The monoisotopic (exact) mass is 611 g/mol. The molecule has 0 unspecified atom stereocenters. The molecule has 0 spiro atoms. The number of benzene rings is 1. The lowest BCUT2D eigenvalue weighted by molar-refractivity contribution is -0.106. The van der Waals surface area contributed by atoms with Crippen molar-refractivity contribution in [1.29, 1.82) is 0 Å². The van der Waals surface area contributed by atoms with Gasteiger partial charge in [0, 0.05) is 35.0 Å². The lowest BCUT2D eigenvalue weighted by atomic mass is 9.95. The highest BCUT2D eigenvalue weighted by atomic mass is 32.1. The number of carbonyl (C=O) groups is 1. The highest BCUT2D eigenvalue weighted by Gasteiger charge is 2.19. The van der Waals surface area contributed by atoms with Gasteiger partial charge in [0.15, 0.2) is 5.82 Å². The summed E-state index contributed by atoms with van der Waals surface area (Å²) < 4.78 is 59.6. The molecule has 1 fully saturated rings. The zero-order valence-corrected chi connectivity index (χ0v) is 23.5. The molecule has 0 aliphatic heterocycles. The van der Waals surface area contributed by atoms with Crippen molar-refractivity contribution in [3.63, 3.8) is 0 Å². The Hall–Kier alpha value is -4.90. The van der Waals surface area contributed by atoms with Gasteiger partial charge >= 0.3 is 0 Å². The number of primary amides is 1. The highest BCUT2D eigenvalue weighted by Crippen LogP contribution is 2.36. The normalized spacial score (nSPS) is 12.5. The fourth-order valence-electron chi connectivity index (χ4n) is 3.88. The van der Waals surface area contributed by atoms with Crippen LogP contribution in [0.5, 0.6) is 5.75 Å². The van der Waals surface area contributed by atoms with Gasteiger partial charge in [-0.25, -0.2) is 27.5 Å². The maximum absolute atomic E-state index is 13.6. The van der Waals surface area contributed by atoms with Gasteiger partial charge in [-0.2, -0.15) is 5.10 Å². The Labute approximate surface area is 248 Å². The second kappa shape index (κ2) is 14.3. The van der Waals surface area contributed by atoms with Crippen LogP contribution in [-0.4, -0.2) is 50.9 Å². The van der Waals surface area contributed by atoms with Crippen molar-refractivity contribution in [2.24, 2.45) is 16.6 Å². The molecule has 43 heavy (non-hydrogen) atoms. The average Bonchev–Trinajstić information content (AvgIpc) is 3.71. The summed E-state index contributed by atoms with van der Waals surface area (Å²) in [4.78, 5) is 24.1. The van der Waals surface area contributed by atoms with Crippen molar-refractivity contribution in [2.75, 3.05) is 7.11 Å². The zero-order valence-electron chi connectivity index (χ0n) is 22.7. The molecule has 1 aliphatic carbocycles. The predicted octanol–water partition coefficient (Wildman–Crippen LogP) is 5.89. The third-order valence-corrected chi connectivity index (χ3v) is 6.33. The number of amides is 1. The van der Waals surface area contributed by atoms with E-state index in [1.165, 1.54) is 38.0 Å². The maximum atomic E-state index is 13.6. The Bertz CT molecular complexity index is 1740. The Morgan fingerprint density at radius 3 is 2.58 bits per heavy atom. The van der Waals surface area contributed by atoms with Gasteiger partial charge in [0.1, 0.15) is 28.3 Å². The molecule has 3 heterocycles. The smallest absolute Gasteiger partial charge is 0.280 e. The number of nitrogens with one attached hydrogen (secondary N) is 1. The first-order valence-corrected chi connectivity index (χ1v) is 13.2. The number of alkyl halides is 4. The minimum Gasteiger partial charge on any atom is -0.494 e. The van der Waals surface area contributed by atoms with Crippen LogP contribution < -0.4 is 10.5 Å². The number of H-pyrrole nitrogens is 1. The van der Waals surface area contributed by atoms with Gasteiger partial charge in [0.05, 0.1) is 25.7 Å². The Kier molecular flexibility index (Phi) is 10.3. The molecule has 3 aromatic heterocycles. The summed E-state index contributed by atoms with van der Waals surface area (Å²) in [7, 11) is 1.41. The molecular weight excluding hydrogens is 586 g/mol. The van der Waals surface area contributed by atoms with Crippen LogP contribution in [0, 0.1) is 22.4 Å². The van der Waals surface area contributed by atoms with Gasteiger partial charge in [0.2, 0.25) is 6.41 Å². The Balaban J connectivity index is 0.00000135. The van der Waals surface area contributed by atoms with Crippen LogP contribution in [0.4, 0.5) is 23.4 Å². The van der Waals surface area contributed by atoms with Crippen LogP contribution in [0.3, 0.4) is 0 Å². The fourth-order valence-corrected chi connectivity index (χ4v) is 4.09. The topological polar surface area (TPSA) is 124 Å². The Morgan fingerprint density at radius 2 is 1.93 bits per heavy atom. The van der Waals surface area contributed by atoms with Crippen LogP contribution in [-0.2, 0) is 11.3 Å². The molecule has 1 aromatic carbocycles. The molecule has 222 valence electrons. The van der Waals surface area contributed by atoms with Gasteiger partial charge in [-0.15, -0.1) is 0 Å². The number of rotatable bonds is 8. The van der Waals surface area contributed by atoms with Crippen molar-refractivity contribution in [3.05, 3.63) is 70.6 Å². The molecule has 0 radical (unpaired) electrons. The minimum atomic E-state index is -2.80. The first-order valence-electron chi connectivity index (χ1n) is 12.8. The van der Waals surface area contributed by atoms with Gasteiger partial charge in [-0.1, -0.05) is 30.3 Å². The van der Waals surface area contributed by atoms with Crippen LogP contribution >= 0.6 is 12.2 Å². The predicted molar refractivity (Wildman–Crippen MR) is 155 cm³/mol. The van der Waals surface area contributed by atoms with Gasteiger partial charge in [0.25, 0.3) is 12.9 Å². The summed E-state index contributed by atoms with van der Waals surface area (Å²) in [6.07, 6.45) is 4.34. The molecule has 0 bridgehead atoms. The summed E-state index contributed by atoms with van der Waals surface area (Å²) in [5, 5.41) is 3.99. The number of hydrogen-bond acceptors (Lipinski definition) is 7. The molecule has 1 saturated carbocycles. The second-order valence-corrected chi connectivity index (χ2v) is 9.55. The van der Waals surface area contributed by atoms with E-state index in [4.69, 9.17) is 21.7 Å². The number of hydrogen-bond donors (Lipinski definition) is 2. The average molecular weight is 612 g/mol. The summed E-state index contributed by atoms with van der Waals surface area (Å²) in [6.45, 7) is -0.550. The van der Waals surface area contributed by atoms with E-state index in [0.717, 1.165) is 17.5 Å². The van der Waals surface area contributed by atoms with E-state index in [-0.39, 0.29) is 18.0 Å². The SMILES string of the molecule is COc1cnc(C(F)F)cc1-c1cc(-c2cnn(CC(F)F)c2)ccc1C=Nc1ncc(C#CC2CC2)[nH]c1=S.NC=O. The van der Waals surface area contributed by atoms with Gasteiger partial charge in [-0.3, -0.25) is 14.5 Å². The molecule has 0 atom stereocenters. The van der Waals surface area contributed by atoms with Crippen molar-refractivity contribution in [2.45, 2.75) is 32.2 Å². The number of methoxy groups -OCH3 is 1. The van der Waals surface area contributed by atoms with Crippen molar-refractivity contribution >= 4 is 30.7 Å². The van der Waals surface area contributed by atoms with Crippen LogP contribution in [0.2, 0.25) is 0 Å². The summed E-state index contributed by atoms with van der Waals surface area (Å²) in [6, 6.07) is 6.45. The molecule has 1 amide bonds. The first kappa shape index (κ1) is 31.0. The van der Waals surface area contributed by atoms with E-state index in [9.17, 15) is 17.6 Å². The molecular formula is C29H25F4N7O2S. The van der Waals surface area contributed by atoms with Crippen molar-refractivity contribution < 1.29 is 27.1 Å². The van der Waals surface area contributed by atoms with E-state index in [2.05, 4.69) is 42.6 Å². The lowest BCUT2D eigenvalue weighted by Crippen LogP contribution is -2.06. The number of ether oxygens (including phenoxy) is 1. The van der Waals surface area contributed by atoms with E-state index < -0.39 is 25.1 Å². The number of aromatic nitrogens is 5. The second-order valence-electron chi connectivity index (χ2n) is 9.14. The van der Waals surface area contributed by atoms with E-state index >= 15 is 0 Å². The third kappa shape index (κ3) is 8.32. The van der Waals surface area contributed by atoms with E-state index in [1.807, 2.05) is 0 Å². The Morgan fingerprint density at radius 1 is 1.16 bits per heavy atom. The van der Waals surface area contributed by atoms with E-state index in [0.29, 0.717) is 44.1 Å². The molecule has 14 heteroatoms. The number of nitrogens with zero attached hydrogens (tertiary/aromatic N) is 5. The molecule has 5 rings (SSSR count). The number of nitrogens with two attached hydrogens (primary N) is 1. The molecule has 1 aliphatic rings. The standard InChI is InChI=1S/C28H22F4N6OS.CH3NO/c1-39-24-13-33-23(26(31)32)9-22(24)21-8-17(19-11-36-38(14-19)15-25(29)30)5-6-18(21)10-34-27-28(40)37-20(12-35-27)7-4-16-2-3-16;2-1-3/h5-6,8-14,16,25-26H,2-3,15H2,1H3,(H,37,40);1H,(H2,2,3). The maximum Gasteiger partial charge on any atom is 0.280 e. The van der Waals surface area contributed by atoms with E-state index in [1.54, 1.807) is 24.4 Å². The summed E-state index contributed by atoms with van der Waals surface area (Å²) >= 11 is 5.40. The van der Waals surface area contributed by atoms with Crippen LogP contribution in [0.15, 0.2) is 54.0 Å². The number of halogens is 4. The fraction of sp³-hybridized carbons (Fsp3) is 0.241.